The van der Waals surface area contributed by atoms with E-state index in [1.54, 1.807) is 43.3 Å². The largest absolute Gasteiger partial charge is 0.493 e. The normalized spacial score (nSPS) is 10.6. The van der Waals surface area contributed by atoms with Gasteiger partial charge in [0.15, 0.2) is 18.1 Å². The summed E-state index contributed by atoms with van der Waals surface area (Å²) >= 11 is 0. The third-order valence-electron chi connectivity index (χ3n) is 4.91. The number of anilines is 1. The van der Waals surface area contributed by atoms with Crippen molar-refractivity contribution in [1.82, 2.24) is 9.55 Å². The summed E-state index contributed by atoms with van der Waals surface area (Å²) in [6.07, 6.45) is 2.09. The number of nitrogens with zero attached hydrogens (tertiary/aromatic N) is 2. The van der Waals surface area contributed by atoms with Crippen LogP contribution in [0.3, 0.4) is 0 Å². The quantitative estimate of drug-likeness (QED) is 0.426. The predicted molar refractivity (Wildman–Crippen MR) is 126 cm³/mol. The van der Waals surface area contributed by atoms with E-state index in [0.29, 0.717) is 46.8 Å². The molecule has 0 saturated carbocycles. The van der Waals surface area contributed by atoms with Crippen LogP contribution in [0.5, 0.6) is 17.2 Å². The standard InChI is InChI=1S/C24H27N3O7/c1-4-33-23(29)14-34-17-8-5-7-16(11-17)26-22(28)9-6-10-27-15-25-19-13-21(32-3)20(31-2)12-18(19)24(27)30/h5,7-8,11-13,15H,4,6,9-10,14H2,1-3H3,(H,26,28). The van der Waals surface area contributed by atoms with Crippen LogP contribution in [0.2, 0.25) is 0 Å². The minimum absolute atomic E-state index is 0.199. The highest BCUT2D eigenvalue weighted by Crippen LogP contribution is 2.29. The Morgan fingerprint density at radius 2 is 1.85 bits per heavy atom. The van der Waals surface area contributed by atoms with E-state index in [2.05, 4.69) is 10.3 Å². The van der Waals surface area contributed by atoms with Crippen molar-refractivity contribution in [2.24, 2.45) is 0 Å². The number of hydrogen-bond donors (Lipinski definition) is 1. The van der Waals surface area contributed by atoms with Crippen LogP contribution in [-0.2, 0) is 20.9 Å². The highest BCUT2D eigenvalue weighted by molar-refractivity contribution is 5.90. The van der Waals surface area contributed by atoms with Gasteiger partial charge in [0.1, 0.15) is 5.75 Å². The van der Waals surface area contributed by atoms with Crippen molar-refractivity contribution in [2.75, 3.05) is 32.8 Å². The first-order valence-electron chi connectivity index (χ1n) is 10.7. The molecule has 10 heteroatoms. The fourth-order valence-corrected chi connectivity index (χ4v) is 3.29. The van der Waals surface area contributed by atoms with Crippen LogP contribution in [0, 0.1) is 0 Å². The van der Waals surface area contributed by atoms with Crippen LogP contribution in [0.15, 0.2) is 47.5 Å². The van der Waals surface area contributed by atoms with Gasteiger partial charge >= 0.3 is 5.97 Å². The molecule has 0 spiro atoms. The van der Waals surface area contributed by atoms with E-state index >= 15 is 0 Å². The van der Waals surface area contributed by atoms with Gasteiger partial charge in [0.25, 0.3) is 5.56 Å². The number of methoxy groups -OCH3 is 2. The SMILES string of the molecule is CCOC(=O)COc1cccc(NC(=O)CCCn2cnc3cc(OC)c(OC)cc3c2=O)c1. The Bertz CT molecular complexity index is 1220. The Hall–Kier alpha value is -4.08. The van der Waals surface area contributed by atoms with Crippen molar-refractivity contribution in [3.05, 3.63) is 53.1 Å². The molecule has 0 bridgehead atoms. The van der Waals surface area contributed by atoms with E-state index in [9.17, 15) is 14.4 Å². The lowest BCUT2D eigenvalue weighted by Gasteiger charge is -2.11. The summed E-state index contributed by atoms with van der Waals surface area (Å²) < 4.78 is 22.2. The molecule has 10 nitrogen and oxygen atoms in total. The highest BCUT2D eigenvalue weighted by atomic mass is 16.6. The number of benzene rings is 2. The molecule has 0 atom stereocenters. The number of esters is 1. The van der Waals surface area contributed by atoms with Gasteiger partial charge in [0.2, 0.25) is 5.91 Å². The van der Waals surface area contributed by atoms with Gasteiger partial charge < -0.3 is 24.3 Å². The van der Waals surface area contributed by atoms with Crippen LogP contribution in [0.25, 0.3) is 10.9 Å². The molecule has 0 unspecified atom stereocenters. The topological polar surface area (TPSA) is 118 Å². The van der Waals surface area contributed by atoms with Crippen LogP contribution in [0.1, 0.15) is 19.8 Å². The van der Waals surface area contributed by atoms with Gasteiger partial charge in [0, 0.05) is 30.8 Å². The Kier molecular flexibility index (Phi) is 8.44. The first kappa shape index (κ1) is 24.6. The maximum absolute atomic E-state index is 12.8. The molecule has 1 aromatic heterocycles. The van der Waals surface area contributed by atoms with Crippen molar-refractivity contribution in [2.45, 2.75) is 26.3 Å². The van der Waals surface area contributed by atoms with Crippen molar-refractivity contribution >= 4 is 28.5 Å². The second kappa shape index (κ2) is 11.7. The van der Waals surface area contributed by atoms with Crippen LogP contribution in [-0.4, -0.2) is 48.9 Å². The summed E-state index contributed by atoms with van der Waals surface area (Å²) in [7, 11) is 3.02. The van der Waals surface area contributed by atoms with Crippen LogP contribution >= 0.6 is 0 Å². The lowest BCUT2D eigenvalue weighted by atomic mass is 10.2. The molecule has 0 aliphatic carbocycles. The van der Waals surface area contributed by atoms with Crippen molar-refractivity contribution in [3.63, 3.8) is 0 Å². The Labute approximate surface area is 196 Å². The molecule has 1 heterocycles. The number of nitrogens with one attached hydrogen (secondary N) is 1. The van der Waals surface area contributed by atoms with Gasteiger partial charge in [-0.3, -0.25) is 14.2 Å². The first-order chi connectivity index (χ1) is 16.4. The molecule has 2 aromatic carbocycles. The van der Waals surface area contributed by atoms with E-state index in [0.717, 1.165) is 0 Å². The number of aryl methyl sites for hydroxylation is 1. The maximum Gasteiger partial charge on any atom is 0.344 e. The lowest BCUT2D eigenvalue weighted by Crippen LogP contribution is -2.22. The van der Waals surface area contributed by atoms with E-state index in [1.807, 2.05) is 0 Å². The third-order valence-corrected chi connectivity index (χ3v) is 4.91. The number of fused-ring (bicyclic) bond motifs is 1. The monoisotopic (exact) mass is 469 g/mol. The van der Waals surface area contributed by atoms with Crippen LogP contribution in [0.4, 0.5) is 5.69 Å². The molecule has 3 rings (SSSR count). The molecular formula is C24H27N3O7. The summed E-state index contributed by atoms with van der Waals surface area (Å²) in [5.74, 6) is 0.696. The number of amides is 1. The fraction of sp³-hybridized carbons (Fsp3) is 0.333. The third kappa shape index (κ3) is 6.25. The van der Waals surface area contributed by atoms with Gasteiger partial charge in [-0.1, -0.05) is 6.07 Å². The first-order valence-corrected chi connectivity index (χ1v) is 10.7. The maximum atomic E-state index is 12.8. The van der Waals surface area contributed by atoms with E-state index < -0.39 is 5.97 Å². The van der Waals surface area contributed by atoms with Crippen molar-refractivity contribution in [1.29, 1.82) is 0 Å². The number of ether oxygens (including phenoxy) is 4. The predicted octanol–water partition coefficient (Wildman–Crippen LogP) is 2.77. The summed E-state index contributed by atoms with van der Waals surface area (Å²) in [6, 6.07) is 9.98. The zero-order chi connectivity index (χ0) is 24.5. The number of aromatic nitrogens is 2. The molecule has 1 amide bonds. The van der Waals surface area contributed by atoms with Crippen molar-refractivity contribution in [3.8, 4) is 17.2 Å². The zero-order valence-electron chi connectivity index (χ0n) is 19.3. The number of hydrogen-bond acceptors (Lipinski definition) is 8. The summed E-state index contributed by atoms with van der Waals surface area (Å²) in [6.45, 7) is 2.11. The Morgan fingerprint density at radius 1 is 1.09 bits per heavy atom. The van der Waals surface area contributed by atoms with E-state index in [1.165, 1.54) is 25.1 Å². The van der Waals surface area contributed by atoms with Crippen LogP contribution < -0.4 is 25.1 Å². The molecule has 0 fully saturated rings. The molecule has 0 aliphatic heterocycles. The van der Waals surface area contributed by atoms with Gasteiger partial charge in [-0.15, -0.1) is 0 Å². The molecule has 3 aromatic rings. The lowest BCUT2D eigenvalue weighted by molar-refractivity contribution is -0.145. The van der Waals surface area contributed by atoms with E-state index in [-0.39, 0.29) is 31.1 Å². The molecule has 0 saturated heterocycles. The number of rotatable bonds is 11. The van der Waals surface area contributed by atoms with Gasteiger partial charge in [-0.05, 0) is 31.5 Å². The number of carbonyl (C=O) groups excluding carboxylic acids is 2. The molecular weight excluding hydrogens is 442 g/mol. The second-order valence-electron chi connectivity index (χ2n) is 7.24. The molecule has 180 valence electrons. The Balaban J connectivity index is 1.57. The van der Waals surface area contributed by atoms with Gasteiger partial charge in [0.05, 0.1) is 38.1 Å². The number of carbonyl (C=O) groups is 2. The van der Waals surface area contributed by atoms with E-state index in [4.69, 9.17) is 18.9 Å². The summed E-state index contributed by atoms with van der Waals surface area (Å²) in [4.78, 5) is 40.9. The average Bonchev–Trinajstić information content (AvgIpc) is 2.84. The minimum Gasteiger partial charge on any atom is -0.493 e. The zero-order valence-corrected chi connectivity index (χ0v) is 19.3. The summed E-state index contributed by atoms with van der Waals surface area (Å²) in [5, 5.41) is 3.19. The smallest absolute Gasteiger partial charge is 0.344 e. The Morgan fingerprint density at radius 3 is 2.59 bits per heavy atom. The average molecular weight is 469 g/mol. The fourth-order valence-electron chi connectivity index (χ4n) is 3.29. The highest BCUT2D eigenvalue weighted by Gasteiger charge is 2.12. The van der Waals surface area contributed by atoms with Gasteiger partial charge in [-0.25, -0.2) is 9.78 Å². The minimum atomic E-state index is -0.465. The molecule has 34 heavy (non-hydrogen) atoms. The van der Waals surface area contributed by atoms with Gasteiger partial charge in [-0.2, -0.15) is 0 Å². The molecule has 0 radical (unpaired) electrons. The molecule has 1 N–H and O–H groups in total. The van der Waals surface area contributed by atoms with Crippen molar-refractivity contribution < 1.29 is 28.5 Å². The summed E-state index contributed by atoms with van der Waals surface area (Å²) in [5.41, 5.74) is 0.816. The molecule has 0 aliphatic rings. The second-order valence-corrected chi connectivity index (χ2v) is 7.24.